The maximum absolute atomic E-state index is 13.5. The summed E-state index contributed by atoms with van der Waals surface area (Å²) in [6.45, 7) is 0.691. The van der Waals surface area contributed by atoms with Crippen LogP contribution in [-0.2, 0) is 24.3 Å². The number of nitriles is 1. The van der Waals surface area contributed by atoms with Gasteiger partial charge in [-0.2, -0.15) is 5.26 Å². The van der Waals surface area contributed by atoms with Crippen molar-refractivity contribution < 1.29 is 14.0 Å². The Labute approximate surface area is 198 Å². The van der Waals surface area contributed by atoms with E-state index in [0.717, 1.165) is 11.1 Å². The number of furan rings is 1. The topological polar surface area (TPSA) is 86.3 Å². The fraction of sp³-hybridized carbons (Fsp3) is 0.107. The zero-order valence-corrected chi connectivity index (χ0v) is 18.5. The molecule has 0 saturated carbocycles. The molecule has 0 radical (unpaired) electrons. The lowest BCUT2D eigenvalue weighted by atomic mass is 10.1. The third kappa shape index (κ3) is 5.78. The minimum Gasteiger partial charge on any atom is -0.467 e. The Morgan fingerprint density at radius 2 is 1.65 bits per heavy atom. The van der Waals surface area contributed by atoms with Gasteiger partial charge in [0.2, 0.25) is 5.91 Å². The van der Waals surface area contributed by atoms with E-state index in [2.05, 4.69) is 11.4 Å². The standard InChI is InChI=1S/C28H23N3O3/c29-18-21-11-13-24(14-12-21)28(33)31(20-22-6-2-1-3-7-22)25-9-4-8-23(16-25)17-27(32)30-19-26-10-5-15-34-26/h1-16H,17,19-20H2,(H,30,32). The van der Waals surface area contributed by atoms with E-state index in [0.29, 0.717) is 35.7 Å². The second-order valence-corrected chi connectivity index (χ2v) is 7.77. The zero-order chi connectivity index (χ0) is 23.8. The highest BCUT2D eigenvalue weighted by molar-refractivity contribution is 6.06. The molecule has 0 spiro atoms. The number of rotatable bonds is 8. The fourth-order valence-electron chi connectivity index (χ4n) is 3.57. The van der Waals surface area contributed by atoms with Crippen LogP contribution in [-0.4, -0.2) is 11.8 Å². The van der Waals surface area contributed by atoms with Gasteiger partial charge in [-0.15, -0.1) is 0 Å². The highest BCUT2D eigenvalue weighted by Crippen LogP contribution is 2.22. The van der Waals surface area contributed by atoms with E-state index in [-0.39, 0.29) is 18.2 Å². The molecule has 0 aliphatic heterocycles. The van der Waals surface area contributed by atoms with E-state index >= 15 is 0 Å². The third-order valence-corrected chi connectivity index (χ3v) is 5.32. The van der Waals surface area contributed by atoms with Gasteiger partial charge >= 0.3 is 0 Å². The number of benzene rings is 3. The van der Waals surface area contributed by atoms with Crippen LogP contribution >= 0.6 is 0 Å². The summed E-state index contributed by atoms with van der Waals surface area (Å²) in [6, 6.07) is 29.4. The Bertz CT molecular complexity index is 1290. The molecule has 168 valence electrons. The van der Waals surface area contributed by atoms with E-state index in [1.807, 2.05) is 54.6 Å². The predicted molar refractivity (Wildman–Crippen MR) is 129 cm³/mol. The van der Waals surface area contributed by atoms with Crippen LogP contribution in [0.25, 0.3) is 0 Å². The van der Waals surface area contributed by atoms with Crippen molar-refractivity contribution in [2.45, 2.75) is 19.5 Å². The largest absolute Gasteiger partial charge is 0.467 e. The molecule has 0 saturated heterocycles. The van der Waals surface area contributed by atoms with Gasteiger partial charge in [0.25, 0.3) is 5.91 Å². The second kappa shape index (κ2) is 10.8. The van der Waals surface area contributed by atoms with Crippen molar-refractivity contribution in [1.29, 1.82) is 5.26 Å². The van der Waals surface area contributed by atoms with Gasteiger partial charge in [-0.1, -0.05) is 42.5 Å². The van der Waals surface area contributed by atoms with E-state index < -0.39 is 0 Å². The van der Waals surface area contributed by atoms with Crippen LogP contribution in [0.1, 0.15) is 32.8 Å². The van der Waals surface area contributed by atoms with E-state index in [9.17, 15) is 9.59 Å². The van der Waals surface area contributed by atoms with Crippen LogP contribution in [0.3, 0.4) is 0 Å². The Morgan fingerprint density at radius 1 is 0.882 bits per heavy atom. The number of hydrogen-bond acceptors (Lipinski definition) is 4. The summed E-state index contributed by atoms with van der Waals surface area (Å²) in [5.74, 6) is 0.360. The third-order valence-electron chi connectivity index (χ3n) is 5.32. The van der Waals surface area contributed by atoms with Crippen LogP contribution in [0, 0.1) is 11.3 Å². The van der Waals surface area contributed by atoms with Gasteiger partial charge in [-0.05, 0) is 59.7 Å². The first-order valence-electron chi connectivity index (χ1n) is 10.9. The van der Waals surface area contributed by atoms with E-state index in [1.165, 1.54) is 0 Å². The minimum absolute atomic E-state index is 0.137. The molecule has 0 aliphatic carbocycles. The lowest BCUT2D eigenvalue weighted by Gasteiger charge is -2.24. The molecule has 0 atom stereocenters. The summed E-state index contributed by atoms with van der Waals surface area (Å²) in [6.07, 6.45) is 1.75. The second-order valence-electron chi connectivity index (χ2n) is 7.77. The molecule has 1 aromatic heterocycles. The smallest absolute Gasteiger partial charge is 0.258 e. The molecule has 34 heavy (non-hydrogen) atoms. The molecule has 4 aromatic rings. The molecule has 0 fully saturated rings. The van der Waals surface area contributed by atoms with Gasteiger partial charge in [0.1, 0.15) is 5.76 Å². The van der Waals surface area contributed by atoms with Crippen LogP contribution in [0.4, 0.5) is 5.69 Å². The van der Waals surface area contributed by atoms with Crippen LogP contribution in [0.15, 0.2) is 102 Å². The monoisotopic (exact) mass is 449 g/mol. The quantitative estimate of drug-likeness (QED) is 0.416. The summed E-state index contributed by atoms with van der Waals surface area (Å²) in [4.78, 5) is 27.6. The molecule has 0 bridgehead atoms. The highest BCUT2D eigenvalue weighted by Gasteiger charge is 2.19. The first-order valence-corrected chi connectivity index (χ1v) is 10.9. The molecule has 1 heterocycles. The zero-order valence-electron chi connectivity index (χ0n) is 18.5. The molecule has 6 nitrogen and oxygen atoms in total. The molecule has 1 N–H and O–H groups in total. The molecule has 4 rings (SSSR count). The van der Waals surface area contributed by atoms with Crippen molar-refractivity contribution in [3.05, 3.63) is 125 Å². The van der Waals surface area contributed by atoms with Crippen molar-refractivity contribution in [3.63, 3.8) is 0 Å². The molecule has 0 aliphatic rings. The molecule has 6 heteroatoms. The number of anilines is 1. The lowest BCUT2D eigenvalue weighted by molar-refractivity contribution is -0.120. The molecule has 3 aromatic carbocycles. The maximum atomic E-state index is 13.5. The number of carbonyl (C=O) groups excluding carboxylic acids is 2. The number of hydrogen-bond donors (Lipinski definition) is 1. The summed E-state index contributed by atoms with van der Waals surface area (Å²) in [5.41, 5.74) is 3.44. The SMILES string of the molecule is N#Cc1ccc(C(=O)N(Cc2ccccc2)c2cccc(CC(=O)NCc3ccco3)c2)cc1. The number of nitrogens with one attached hydrogen (secondary N) is 1. The van der Waals surface area contributed by atoms with Gasteiger partial charge in [-0.25, -0.2) is 0 Å². The molecule has 0 unspecified atom stereocenters. The van der Waals surface area contributed by atoms with Crippen LogP contribution in [0.2, 0.25) is 0 Å². The summed E-state index contributed by atoms with van der Waals surface area (Å²) >= 11 is 0. The average Bonchev–Trinajstić information content (AvgIpc) is 3.40. The summed E-state index contributed by atoms with van der Waals surface area (Å²) < 4.78 is 5.25. The average molecular weight is 450 g/mol. The molecular weight excluding hydrogens is 426 g/mol. The number of carbonyl (C=O) groups is 2. The van der Waals surface area contributed by atoms with Gasteiger partial charge in [-0.3, -0.25) is 9.59 Å². The van der Waals surface area contributed by atoms with Gasteiger partial charge in [0, 0.05) is 11.3 Å². The summed E-state index contributed by atoms with van der Waals surface area (Å²) in [7, 11) is 0. The number of amides is 2. The van der Waals surface area contributed by atoms with Gasteiger partial charge in [0.05, 0.1) is 37.4 Å². The maximum Gasteiger partial charge on any atom is 0.258 e. The summed E-state index contributed by atoms with van der Waals surface area (Å²) in [5, 5.41) is 11.9. The Kier molecular flexibility index (Phi) is 7.16. The predicted octanol–water partition coefficient (Wildman–Crippen LogP) is 4.86. The fourth-order valence-corrected chi connectivity index (χ4v) is 3.57. The first-order chi connectivity index (χ1) is 16.6. The Balaban J connectivity index is 1.55. The Morgan fingerprint density at radius 3 is 2.35 bits per heavy atom. The Hall–Kier alpha value is -4.63. The molecule has 2 amide bonds. The molecular formula is C28H23N3O3. The van der Waals surface area contributed by atoms with Crippen molar-refractivity contribution in [1.82, 2.24) is 5.32 Å². The number of nitrogens with zero attached hydrogens (tertiary/aromatic N) is 2. The van der Waals surface area contributed by atoms with Gasteiger partial charge < -0.3 is 14.6 Å². The van der Waals surface area contributed by atoms with Crippen molar-refractivity contribution in [3.8, 4) is 6.07 Å². The first kappa shape index (κ1) is 22.6. The lowest BCUT2D eigenvalue weighted by Crippen LogP contribution is -2.30. The minimum atomic E-state index is -0.187. The highest BCUT2D eigenvalue weighted by atomic mass is 16.3. The van der Waals surface area contributed by atoms with Crippen molar-refractivity contribution >= 4 is 17.5 Å². The normalized spacial score (nSPS) is 10.3. The van der Waals surface area contributed by atoms with Crippen LogP contribution in [0.5, 0.6) is 0 Å². The van der Waals surface area contributed by atoms with Crippen molar-refractivity contribution in [2.24, 2.45) is 0 Å². The van der Waals surface area contributed by atoms with E-state index in [1.54, 1.807) is 47.6 Å². The van der Waals surface area contributed by atoms with Gasteiger partial charge in [0.15, 0.2) is 0 Å². The van der Waals surface area contributed by atoms with E-state index in [4.69, 9.17) is 9.68 Å². The van der Waals surface area contributed by atoms with Crippen LogP contribution < -0.4 is 10.2 Å². The van der Waals surface area contributed by atoms with Crippen molar-refractivity contribution in [2.75, 3.05) is 4.90 Å².